The van der Waals surface area contributed by atoms with Gasteiger partial charge in [-0.3, -0.25) is 0 Å². The molecule has 1 aliphatic rings. The molecule has 2 heterocycles. The van der Waals surface area contributed by atoms with Crippen LogP contribution in [0.25, 0.3) is 10.9 Å². The van der Waals surface area contributed by atoms with Crippen molar-refractivity contribution in [3.63, 3.8) is 0 Å². The highest BCUT2D eigenvalue weighted by Crippen LogP contribution is 2.43. The standard InChI is InChI=1S/C49H47NO8S/c1-36-22-26-43(27-23-36)59(52,53)50-29-28-41-24-25-42(30-44(41)50)49(51)48(57-34-40-20-12-5-13-21-40)47(56-33-39-18-10-4-11-19-39)46(55-32-38-16-8-3-9-17-38)45(58-49)35-54-31-37-14-6-2-7-15-37/h2-30,45-48,51H,31-35H2,1H3/t45-,46-,47+,48-,49?/m1/s1. The predicted molar refractivity (Wildman–Crippen MR) is 226 cm³/mol. The van der Waals surface area contributed by atoms with E-state index in [4.69, 9.17) is 23.7 Å². The largest absolute Gasteiger partial charge is 0.374 e. The fraction of sp³-hybridized carbons (Fsp3) is 0.224. The van der Waals surface area contributed by atoms with Gasteiger partial charge in [0.05, 0.1) is 43.4 Å². The molecule has 9 nitrogen and oxygen atoms in total. The van der Waals surface area contributed by atoms with Crippen molar-refractivity contribution in [3.05, 3.63) is 209 Å². The summed E-state index contributed by atoms with van der Waals surface area (Å²) in [5, 5.41) is 13.9. The van der Waals surface area contributed by atoms with Gasteiger partial charge in [-0.1, -0.05) is 151 Å². The SMILES string of the molecule is Cc1ccc(S(=O)(=O)n2ccc3ccc(C4(O)O[C@H](COCc5ccccc5)[C@@H](OCc5ccccc5)[C@H](OCc5ccccc5)[C@H]4OCc4ccccc4)cc32)cc1. The molecule has 1 aliphatic heterocycles. The second-order valence-corrected chi connectivity index (χ2v) is 16.6. The molecule has 0 aliphatic carbocycles. The molecular formula is C49H47NO8S. The van der Waals surface area contributed by atoms with E-state index in [1.54, 1.807) is 48.5 Å². The van der Waals surface area contributed by atoms with Crippen LogP contribution in [0.15, 0.2) is 181 Å². The number of hydrogen-bond acceptors (Lipinski definition) is 8. The summed E-state index contributed by atoms with van der Waals surface area (Å²) in [5.74, 6) is -2.18. The molecule has 6 aromatic carbocycles. The third kappa shape index (κ3) is 9.25. The Balaban J connectivity index is 1.23. The molecule has 10 heteroatoms. The summed E-state index contributed by atoms with van der Waals surface area (Å²) in [5.41, 5.74) is 5.31. The molecule has 1 N–H and O–H groups in total. The Morgan fingerprint density at radius 1 is 0.610 bits per heavy atom. The van der Waals surface area contributed by atoms with E-state index in [2.05, 4.69) is 0 Å². The fourth-order valence-electron chi connectivity index (χ4n) is 7.45. The smallest absolute Gasteiger partial charge is 0.268 e. The van der Waals surface area contributed by atoms with Crippen molar-refractivity contribution in [1.29, 1.82) is 0 Å². The van der Waals surface area contributed by atoms with Gasteiger partial charge in [0.1, 0.15) is 24.4 Å². The second kappa shape index (κ2) is 18.2. The van der Waals surface area contributed by atoms with E-state index in [0.29, 0.717) is 17.5 Å². The lowest BCUT2D eigenvalue weighted by Crippen LogP contribution is -2.65. The van der Waals surface area contributed by atoms with Crippen LogP contribution < -0.4 is 0 Å². The van der Waals surface area contributed by atoms with Crippen LogP contribution in [-0.2, 0) is 65.9 Å². The van der Waals surface area contributed by atoms with Crippen molar-refractivity contribution < 1.29 is 37.2 Å². The minimum atomic E-state index is -4.01. The zero-order chi connectivity index (χ0) is 40.7. The quantitative estimate of drug-likeness (QED) is 0.103. The van der Waals surface area contributed by atoms with Crippen molar-refractivity contribution in [2.24, 2.45) is 0 Å². The van der Waals surface area contributed by atoms with E-state index in [0.717, 1.165) is 27.8 Å². The number of aliphatic hydroxyl groups is 1. The summed E-state index contributed by atoms with van der Waals surface area (Å²) < 4.78 is 63.0. The van der Waals surface area contributed by atoms with Crippen LogP contribution in [0.4, 0.5) is 0 Å². The van der Waals surface area contributed by atoms with Gasteiger partial charge >= 0.3 is 0 Å². The molecule has 0 radical (unpaired) electrons. The summed E-state index contributed by atoms with van der Waals surface area (Å²) in [6.07, 6.45) is -2.22. The normalized spacial score (nSPS) is 20.8. The van der Waals surface area contributed by atoms with Crippen molar-refractivity contribution in [2.45, 2.75) is 68.4 Å². The highest BCUT2D eigenvalue weighted by atomic mass is 32.2. The maximum atomic E-state index is 14.1. The van der Waals surface area contributed by atoms with Gasteiger partial charge in [-0.05, 0) is 53.4 Å². The maximum Gasteiger partial charge on any atom is 0.268 e. The highest BCUT2D eigenvalue weighted by molar-refractivity contribution is 7.90. The monoisotopic (exact) mass is 809 g/mol. The zero-order valence-corrected chi connectivity index (χ0v) is 33.6. The number of hydrogen-bond donors (Lipinski definition) is 1. The molecule has 0 saturated carbocycles. The van der Waals surface area contributed by atoms with Crippen LogP contribution in [0, 0.1) is 6.92 Å². The van der Waals surface area contributed by atoms with Gasteiger partial charge in [0.25, 0.3) is 10.0 Å². The van der Waals surface area contributed by atoms with Crippen molar-refractivity contribution >= 4 is 20.9 Å². The second-order valence-electron chi connectivity index (χ2n) is 14.8. The number of benzene rings is 6. The van der Waals surface area contributed by atoms with E-state index in [-0.39, 0.29) is 36.9 Å². The predicted octanol–water partition coefficient (Wildman–Crippen LogP) is 8.70. The molecule has 0 bridgehead atoms. The minimum Gasteiger partial charge on any atom is -0.374 e. The average molecular weight is 810 g/mol. The lowest BCUT2D eigenvalue weighted by atomic mass is 9.87. The summed E-state index contributed by atoms with van der Waals surface area (Å²) in [6, 6.07) is 52.7. The molecule has 1 unspecified atom stereocenters. The Bertz CT molecular complexity index is 2520. The van der Waals surface area contributed by atoms with Gasteiger partial charge in [-0.15, -0.1) is 0 Å². The Hall–Kier alpha value is -5.43. The fourth-order valence-corrected chi connectivity index (χ4v) is 8.79. The number of aryl methyl sites for hydroxylation is 1. The zero-order valence-electron chi connectivity index (χ0n) is 32.7. The number of fused-ring (bicyclic) bond motifs is 1. The molecule has 1 fully saturated rings. The third-order valence-electron chi connectivity index (χ3n) is 10.6. The first-order valence-corrected chi connectivity index (χ1v) is 21.1. The van der Waals surface area contributed by atoms with E-state index in [1.807, 2.05) is 128 Å². The first-order valence-electron chi connectivity index (χ1n) is 19.7. The summed E-state index contributed by atoms with van der Waals surface area (Å²) in [7, 11) is -4.01. The Morgan fingerprint density at radius 3 is 1.68 bits per heavy atom. The molecule has 59 heavy (non-hydrogen) atoms. The molecule has 5 atom stereocenters. The Morgan fingerprint density at radius 2 is 1.12 bits per heavy atom. The Kier molecular flexibility index (Phi) is 12.5. The van der Waals surface area contributed by atoms with Crippen LogP contribution in [0.1, 0.15) is 33.4 Å². The van der Waals surface area contributed by atoms with Gasteiger partial charge in [0.15, 0.2) is 0 Å². The summed E-state index contributed by atoms with van der Waals surface area (Å²) in [6.45, 7) is 2.77. The molecular weight excluding hydrogens is 763 g/mol. The van der Waals surface area contributed by atoms with Crippen LogP contribution in [0.3, 0.4) is 0 Å². The number of rotatable bonds is 16. The molecule has 1 aromatic heterocycles. The molecule has 302 valence electrons. The topological polar surface area (TPSA) is 105 Å². The minimum absolute atomic E-state index is 0.0354. The molecule has 1 saturated heterocycles. The van der Waals surface area contributed by atoms with Crippen LogP contribution in [0.5, 0.6) is 0 Å². The lowest BCUT2D eigenvalue weighted by Gasteiger charge is -2.50. The van der Waals surface area contributed by atoms with Gasteiger partial charge in [0, 0.05) is 17.1 Å². The molecule has 8 rings (SSSR count). The van der Waals surface area contributed by atoms with Crippen molar-refractivity contribution in [3.8, 4) is 0 Å². The van der Waals surface area contributed by atoms with Gasteiger partial charge in [-0.25, -0.2) is 12.4 Å². The summed E-state index contributed by atoms with van der Waals surface area (Å²) >= 11 is 0. The highest BCUT2D eigenvalue weighted by Gasteiger charge is 2.57. The maximum absolute atomic E-state index is 14.1. The van der Waals surface area contributed by atoms with Crippen LogP contribution in [0.2, 0.25) is 0 Å². The number of aromatic nitrogens is 1. The van der Waals surface area contributed by atoms with E-state index < -0.39 is 40.2 Å². The van der Waals surface area contributed by atoms with Gasteiger partial charge in [-0.2, -0.15) is 0 Å². The summed E-state index contributed by atoms with van der Waals surface area (Å²) in [4.78, 5) is 0.145. The van der Waals surface area contributed by atoms with E-state index in [9.17, 15) is 13.5 Å². The van der Waals surface area contributed by atoms with Gasteiger partial charge in [0.2, 0.25) is 5.79 Å². The number of nitrogens with zero attached hydrogens (tertiary/aromatic N) is 1. The lowest BCUT2D eigenvalue weighted by molar-refractivity contribution is -0.378. The van der Waals surface area contributed by atoms with Crippen LogP contribution >= 0.6 is 0 Å². The first-order chi connectivity index (χ1) is 28.8. The van der Waals surface area contributed by atoms with Crippen LogP contribution in [-0.4, -0.2) is 48.5 Å². The van der Waals surface area contributed by atoms with Crippen molar-refractivity contribution in [2.75, 3.05) is 6.61 Å². The average Bonchev–Trinajstić information content (AvgIpc) is 3.71. The van der Waals surface area contributed by atoms with Gasteiger partial charge < -0.3 is 28.8 Å². The molecule has 7 aromatic rings. The van der Waals surface area contributed by atoms with E-state index in [1.165, 1.54) is 10.2 Å². The third-order valence-corrected chi connectivity index (χ3v) is 12.3. The Labute approximate surface area is 345 Å². The van der Waals surface area contributed by atoms with Crippen molar-refractivity contribution in [1.82, 2.24) is 3.97 Å². The molecule has 0 spiro atoms. The first kappa shape index (κ1) is 40.4. The van der Waals surface area contributed by atoms with E-state index >= 15 is 0 Å². The number of ether oxygens (including phenoxy) is 5. The molecule has 0 amide bonds.